The molecule has 1 aliphatic heterocycles. The molecule has 1 N–H and O–H groups in total. The molecule has 0 bridgehead atoms. The molecule has 92 valence electrons. The normalized spacial score (nSPS) is 22.1. The van der Waals surface area contributed by atoms with Gasteiger partial charge in [0.1, 0.15) is 0 Å². The first-order valence-corrected chi connectivity index (χ1v) is 6.72. The van der Waals surface area contributed by atoms with Crippen molar-refractivity contribution in [2.24, 2.45) is 0 Å². The van der Waals surface area contributed by atoms with Gasteiger partial charge in [-0.1, -0.05) is 13.0 Å². The van der Waals surface area contributed by atoms with Crippen molar-refractivity contribution in [2.45, 2.75) is 31.9 Å². The van der Waals surface area contributed by atoms with Gasteiger partial charge in [-0.3, -0.25) is 4.90 Å². The van der Waals surface area contributed by atoms with Crippen LogP contribution in [0.25, 0.3) is 0 Å². The highest BCUT2D eigenvalue weighted by Gasteiger charge is 2.26. The molecule has 0 aromatic heterocycles. The average molecular weight is 243 g/mol. The summed E-state index contributed by atoms with van der Waals surface area (Å²) in [6.07, 6.45) is 2.45. The van der Waals surface area contributed by atoms with Crippen molar-refractivity contribution in [3.05, 3.63) is 11.6 Å². The van der Waals surface area contributed by atoms with Gasteiger partial charge < -0.3 is 5.11 Å². The van der Waals surface area contributed by atoms with E-state index < -0.39 is 5.97 Å². The first kappa shape index (κ1) is 13.6. The van der Waals surface area contributed by atoms with Gasteiger partial charge in [0.15, 0.2) is 0 Å². The Morgan fingerprint density at radius 1 is 1.56 bits per heavy atom. The van der Waals surface area contributed by atoms with Crippen LogP contribution in [0.15, 0.2) is 11.6 Å². The second-order valence-electron chi connectivity index (χ2n) is 4.73. The van der Waals surface area contributed by atoms with Crippen molar-refractivity contribution in [3.63, 3.8) is 0 Å². The van der Waals surface area contributed by atoms with E-state index in [1.807, 2.05) is 24.8 Å². The standard InChI is InChI=1S/C12H21NO2S/c1-4-10(11(14)15)5-6-13-7-8-16-12(2,3)9-13/h5H,4,6-9H2,1-3H3,(H,14,15). The van der Waals surface area contributed by atoms with Crippen LogP contribution in [0.2, 0.25) is 0 Å². The molecule has 1 rings (SSSR count). The maximum Gasteiger partial charge on any atom is 0.331 e. The van der Waals surface area contributed by atoms with Crippen molar-refractivity contribution < 1.29 is 9.90 Å². The van der Waals surface area contributed by atoms with E-state index in [-0.39, 0.29) is 0 Å². The number of aliphatic carboxylic acids is 1. The molecule has 0 atom stereocenters. The molecule has 0 aromatic rings. The second kappa shape index (κ2) is 5.73. The van der Waals surface area contributed by atoms with Crippen LogP contribution in [0.1, 0.15) is 27.2 Å². The summed E-state index contributed by atoms with van der Waals surface area (Å²) < 4.78 is 0.293. The van der Waals surface area contributed by atoms with E-state index in [0.717, 1.165) is 25.4 Å². The van der Waals surface area contributed by atoms with Crippen LogP contribution >= 0.6 is 11.8 Å². The summed E-state index contributed by atoms with van der Waals surface area (Å²) in [6.45, 7) is 9.22. The summed E-state index contributed by atoms with van der Waals surface area (Å²) in [5, 5.41) is 8.91. The Kier molecular flexibility index (Phi) is 4.87. The van der Waals surface area contributed by atoms with Crippen LogP contribution in [-0.2, 0) is 4.79 Å². The summed E-state index contributed by atoms with van der Waals surface area (Å²) >= 11 is 1.99. The summed E-state index contributed by atoms with van der Waals surface area (Å²) in [5.74, 6) is 0.350. The summed E-state index contributed by atoms with van der Waals surface area (Å²) in [4.78, 5) is 13.2. The van der Waals surface area contributed by atoms with E-state index >= 15 is 0 Å². The van der Waals surface area contributed by atoms with Crippen molar-refractivity contribution in [2.75, 3.05) is 25.4 Å². The van der Waals surface area contributed by atoms with Crippen molar-refractivity contribution >= 4 is 17.7 Å². The van der Waals surface area contributed by atoms with Gasteiger partial charge in [-0.15, -0.1) is 0 Å². The maximum absolute atomic E-state index is 10.8. The summed E-state index contributed by atoms with van der Waals surface area (Å²) in [5.41, 5.74) is 0.524. The monoisotopic (exact) mass is 243 g/mol. The van der Waals surface area contributed by atoms with E-state index in [1.165, 1.54) is 0 Å². The van der Waals surface area contributed by atoms with Crippen molar-refractivity contribution in [3.8, 4) is 0 Å². The SMILES string of the molecule is CCC(=CCN1CCSC(C)(C)C1)C(=O)O. The second-order valence-corrected chi connectivity index (χ2v) is 6.53. The Hall–Kier alpha value is -0.480. The van der Waals surface area contributed by atoms with E-state index in [0.29, 0.717) is 16.7 Å². The van der Waals surface area contributed by atoms with Crippen LogP contribution in [0.5, 0.6) is 0 Å². The number of rotatable bonds is 4. The molecular formula is C12H21NO2S. The zero-order valence-corrected chi connectivity index (χ0v) is 11.1. The highest BCUT2D eigenvalue weighted by atomic mass is 32.2. The van der Waals surface area contributed by atoms with Gasteiger partial charge in [-0.05, 0) is 20.3 Å². The maximum atomic E-state index is 10.8. The number of carboxylic acids is 1. The third-order valence-electron chi connectivity index (χ3n) is 2.76. The lowest BCUT2D eigenvalue weighted by Crippen LogP contribution is -2.43. The number of hydrogen-bond donors (Lipinski definition) is 1. The topological polar surface area (TPSA) is 40.5 Å². The quantitative estimate of drug-likeness (QED) is 0.769. The largest absolute Gasteiger partial charge is 0.478 e. The summed E-state index contributed by atoms with van der Waals surface area (Å²) in [6, 6.07) is 0. The van der Waals surface area contributed by atoms with E-state index in [9.17, 15) is 4.79 Å². The Bertz CT molecular complexity index is 287. The predicted octanol–water partition coefficient (Wildman–Crippen LogP) is 2.23. The lowest BCUT2D eigenvalue weighted by Gasteiger charge is -2.37. The molecule has 0 aliphatic carbocycles. The Morgan fingerprint density at radius 3 is 2.75 bits per heavy atom. The Labute approximate surface area is 102 Å². The third-order valence-corrected chi connectivity index (χ3v) is 4.05. The van der Waals surface area contributed by atoms with E-state index in [2.05, 4.69) is 18.7 Å². The first-order chi connectivity index (χ1) is 7.44. The van der Waals surface area contributed by atoms with Gasteiger partial charge in [-0.25, -0.2) is 4.79 Å². The molecule has 1 aliphatic rings. The van der Waals surface area contributed by atoms with Crippen LogP contribution in [0, 0.1) is 0 Å². The molecule has 0 unspecified atom stereocenters. The van der Waals surface area contributed by atoms with Crippen LogP contribution in [0.3, 0.4) is 0 Å². The molecular weight excluding hydrogens is 222 g/mol. The van der Waals surface area contributed by atoms with E-state index in [1.54, 1.807) is 0 Å². The predicted molar refractivity (Wildman–Crippen MR) is 69.0 cm³/mol. The van der Waals surface area contributed by atoms with Gasteiger partial charge in [0, 0.05) is 35.7 Å². The lowest BCUT2D eigenvalue weighted by atomic mass is 10.1. The van der Waals surface area contributed by atoms with Crippen molar-refractivity contribution in [1.29, 1.82) is 0 Å². The molecule has 1 heterocycles. The summed E-state index contributed by atoms with van der Waals surface area (Å²) in [7, 11) is 0. The Balaban J connectivity index is 2.51. The Morgan fingerprint density at radius 2 is 2.25 bits per heavy atom. The van der Waals surface area contributed by atoms with E-state index in [4.69, 9.17) is 5.11 Å². The van der Waals surface area contributed by atoms with Gasteiger partial charge in [-0.2, -0.15) is 11.8 Å². The molecule has 1 fully saturated rings. The van der Waals surface area contributed by atoms with Crippen molar-refractivity contribution in [1.82, 2.24) is 4.90 Å². The molecule has 0 spiro atoms. The number of nitrogens with zero attached hydrogens (tertiary/aromatic N) is 1. The molecule has 4 heteroatoms. The number of carbonyl (C=O) groups is 1. The third kappa shape index (κ3) is 4.18. The van der Waals surface area contributed by atoms with Crippen LogP contribution in [0.4, 0.5) is 0 Å². The smallest absolute Gasteiger partial charge is 0.331 e. The lowest BCUT2D eigenvalue weighted by molar-refractivity contribution is -0.132. The molecule has 0 amide bonds. The van der Waals surface area contributed by atoms with Crippen LogP contribution < -0.4 is 0 Å². The zero-order valence-electron chi connectivity index (χ0n) is 10.3. The first-order valence-electron chi connectivity index (χ1n) is 5.73. The van der Waals surface area contributed by atoms with Gasteiger partial charge in [0.2, 0.25) is 0 Å². The fourth-order valence-corrected chi connectivity index (χ4v) is 3.07. The molecule has 0 radical (unpaired) electrons. The molecule has 16 heavy (non-hydrogen) atoms. The van der Waals surface area contributed by atoms with Gasteiger partial charge in [0.05, 0.1) is 0 Å². The number of carboxylic acid groups (broad SMARTS) is 1. The number of hydrogen-bond acceptors (Lipinski definition) is 3. The average Bonchev–Trinajstić information content (AvgIpc) is 2.16. The number of thioether (sulfide) groups is 1. The molecule has 0 aromatic carbocycles. The molecule has 3 nitrogen and oxygen atoms in total. The zero-order chi connectivity index (χ0) is 12.2. The highest BCUT2D eigenvalue weighted by molar-refractivity contribution is 8.00. The minimum atomic E-state index is -0.784. The molecule has 0 saturated carbocycles. The highest BCUT2D eigenvalue weighted by Crippen LogP contribution is 2.29. The van der Waals surface area contributed by atoms with Crippen LogP contribution in [-0.4, -0.2) is 46.1 Å². The fourth-order valence-electron chi connectivity index (χ4n) is 1.89. The fraction of sp³-hybridized carbons (Fsp3) is 0.750. The van der Waals surface area contributed by atoms with Gasteiger partial charge >= 0.3 is 5.97 Å². The molecule has 1 saturated heterocycles. The minimum absolute atomic E-state index is 0.293. The minimum Gasteiger partial charge on any atom is -0.478 e. The van der Waals surface area contributed by atoms with Gasteiger partial charge in [0.25, 0.3) is 0 Å².